The van der Waals surface area contributed by atoms with Crippen LogP contribution in [0.3, 0.4) is 0 Å². The summed E-state index contributed by atoms with van der Waals surface area (Å²) in [4.78, 5) is 24.5. The number of carbonyl (C=O) groups is 2. The quantitative estimate of drug-likeness (QED) is 0.0323. The third kappa shape index (κ3) is 43.9. The maximum Gasteiger partial charge on any atom is 0.305 e. The number of ether oxygens (including phenoxy) is 1. The van der Waals surface area contributed by atoms with Crippen LogP contribution in [0.4, 0.5) is 0 Å². The average molecular weight is 818 g/mol. The lowest BCUT2D eigenvalue weighted by Crippen LogP contribution is -2.45. The molecule has 0 rings (SSSR count). The van der Waals surface area contributed by atoms with Gasteiger partial charge in [-0.3, -0.25) is 9.59 Å². The highest BCUT2D eigenvalue weighted by Crippen LogP contribution is 2.15. The summed E-state index contributed by atoms with van der Waals surface area (Å²) in [5.74, 6) is -0.107. The second-order valence-electron chi connectivity index (χ2n) is 17.5. The number of esters is 1. The van der Waals surface area contributed by atoms with Crippen molar-refractivity contribution < 1.29 is 24.5 Å². The molecule has 3 N–H and O–H groups in total. The van der Waals surface area contributed by atoms with Crippen molar-refractivity contribution in [2.45, 2.75) is 283 Å². The van der Waals surface area contributed by atoms with E-state index in [0.29, 0.717) is 19.4 Å². The normalized spacial score (nSPS) is 12.8. The molecular weight excluding hydrogens is 719 g/mol. The smallest absolute Gasteiger partial charge is 0.305 e. The molecule has 0 aliphatic carbocycles. The zero-order chi connectivity index (χ0) is 42.3. The Labute approximate surface area is 361 Å². The number of nitrogens with one attached hydrogen (secondary N) is 1. The number of rotatable bonds is 47. The molecule has 0 saturated heterocycles. The fourth-order valence-electron chi connectivity index (χ4n) is 7.74. The van der Waals surface area contributed by atoms with Crippen LogP contribution in [0.1, 0.15) is 271 Å². The highest BCUT2D eigenvalue weighted by atomic mass is 16.5. The van der Waals surface area contributed by atoms with Crippen LogP contribution in [-0.2, 0) is 14.3 Å². The minimum atomic E-state index is -0.855. The molecule has 2 atom stereocenters. The van der Waals surface area contributed by atoms with E-state index in [4.69, 9.17) is 4.74 Å². The maximum absolute atomic E-state index is 12.4. The third-order valence-corrected chi connectivity index (χ3v) is 11.7. The zero-order valence-electron chi connectivity index (χ0n) is 38.8. The Kier molecular flexibility index (Phi) is 46.6. The molecule has 1 amide bonds. The summed E-state index contributed by atoms with van der Waals surface area (Å²) < 4.78 is 5.46. The summed E-state index contributed by atoms with van der Waals surface area (Å²) in [5.41, 5.74) is 0. The molecule has 0 fully saturated rings. The van der Waals surface area contributed by atoms with Gasteiger partial charge in [0.15, 0.2) is 0 Å². The Morgan fingerprint density at radius 2 is 0.810 bits per heavy atom. The highest BCUT2D eigenvalue weighted by molar-refractivity contribution is 5.76. The van der Waals surface area contributed by atoms with Gasteiger partial charge in [0.25, 0.3) is 0 Å². The molecule has 0 aromatic heterocycles. The van der Waals surface area contributed by atoms with Crippen molar-refractivity contribution in [1.82, 2.24) is 5.32 Å². The zero-order valence-corrected chi connectivity index (χ0v) is 38.8. The lowest BCUT2D eigenvalue weighted by Gasteiger charge is -2.20. The van der Waals surface area contributed by atoms with Crippen LogP contribution in [0.15, 0.2) is 24.3 Å². The van der Waals surface area contributed by atoms with E-state index in [1.54, 1.807) is 6.08 Å². The highest BCUT2D eigenvalue weighted by Gasteiger charge is 2.18. The summed E-state index contributed by atoms with van der Waals surface area (Å²) in [6.07, 6.45) is 56.0. The van der Waals surface area contributed by atoms with Crippen LogP contribution < -0.4 is 5.32 Å². The molecule has 0 saturated carbocycles. The van der Waals surface area contributed by atoms with Gasteiger partial charge in [-0.25, -0.2) is 0 Å². The Hall–Kier alpha value is -1.66. The van der Waals surface area contributed by atoms with Gasteiger partial charge in [-0.15, -0.1) is 0 Å². The third-order valence-electron chi connectivity index (χ3n) is 11.7. The molecule has 0 aliphatic rings. The van der Waals surface area contributed by atoms with E-state index in [-0.39, 0.29) is 18.5 Å². The standard InChI is InChI=1S/C52H99NO5/c1-3-5-7-9-11-13-15-17-18-19-20-21-22-26-30-34-38-42-46-52(57)58-47-43-39-35-31-27-23-25-29-33-37-41-45-51(56)53-49(48-54)50(55)44-40-36-32-28-24-16-14-12-10-8-6-4-2/h18-19,40,44,49-50,54-55H,3-17,20-39,41-43,45-48H2,1-2H3,(H,53,56)/b19-18-,44-40+. The molecule has 6 nitrogen and oxygen atoms in total. The number of aliphatic hydroxyl groups is 2. The van der Waals surface area contributed by atoms with Gasteiger partial charge in [0.05, 0.1) is 25.4 Å². The van der Waals surface area contributed by atoms with Gasteiger partial charge in [0, 0.05) is 12.8 Å². The van der Waals surface area contributed by atoms with E-state index < -0.39 is 12.1 Å². The minimum absolute atomic E-state index is 0.0188. The van der Waals surface area contributed by atoms with Crippen LogP contribution in [0.2, 0.25) is 0 Å². The maximum atomic E-state index is 12.4. The molecule has 0 bridgehead atoms. The Morgan fingerprint density at radius 1 is 0.466 bits per heavy atom. The summed E-state index contributed by atoms with van der Waals surface area (Å²) in [6, 6.07) is -0.640. The first-order valence-electron chi connectivity index (χ1n) is 25.6. The second kappa shape index (κ2) is 48.0. The van der Waals surface area contributed by atoms with Crippen molar-refractivity contribution in [2.24, 2.45) is 0 Å². The van der Waals surface area contributed by atoms with Crippen molar-refractivity contribution in [2.75, 3.05) is 13.2 Å². The minimum Gasteiger partial charge on any atom is -0.466 e. The van der Waals surface area contributed by atoms with E-state index in [9.17, 15) is 19.8 Å². The fraction of sp³-hybridized carbons (Fsp3) is 0.885. The number of unbranched alkanes of at least 4 members (excludes halogenated alkanes) is 34. The van der Waals surface area contributed by atoms with Gasteiger partial charge in [0.2, 0.25) is 5.91 Å². The lowest BCUT2D eigenvalue weighted by atomic mass is 10.0. The van der Waals surface area contributed by atoms with Crippen LogP contribution >= 0.6 is 0 Å². The summed E-state index contributed by atoms with van der Waals surface area (Å²) in [7, 11) is 0. The molecule has 0 aromatic carbocycles. The van der Waals surface area contributed by atoms with Gasteiger partial charge in [-0.1, -0.05) is 224 Å². The number of amides is 1. The predicted octanol–water partition coefficient (Wildman–Crippen LogP) is 15.1. The summed E-state index contributed by atoms with van der Waals surface area (Å²) in [5, 5.41) is 23.0. The molecule has 0 aliphatic heterocycles. The summed E-state index contributed by atoms with van der Waals surface area (Å²) >= 11 is 0. The topological polar surface area (TPSA) is 95.9 Å². The van der Waals surface area contributed by atoms with Gasteiger partial charge in [0.1, 0.15) is 0 Å². The number of carbonyl (C=O) groups excluding carboxylic acids is 2. The van der Waals surface area contributed by atoms with E-state index in [2.05, 4.69) is 31.3 Å². The first kappa shape index (κ1) is 56.3. The molecule has 6 heteroatoms. The Morgan fingerprint density at radius 3 is 1.22 bits per heavy atom. The van der Waals surface area contributed by atoms with Gasteiger partial charge in [-0.05, 0) is 57.8 Å². The van der Waals surface area contributed by atoms with Crippen LogP contribution in [0.25, 0.3) is 0 Å². The van der Waals surface area contributed by atoms with E-state index in [1.807, 2.05) is 6.08 Å². The molecular formula is C52H99NO5. The number of hydrogen-bond acceptors (Lipinski definition) is 5. The number of hydrogen-bond donors (Lipinski definition) is 3. The fourth-order valence-corrected chi connectivity index (χ4v) is 7.74. The van der Waals surface area contributed by atoms with Crippen LogP contribution in [-0.4, -0.2) is 47.4 Å². The second-order valence-corrected chi connectivity index (χ2v) is 17.5. The van der Waals surface area contributed by atoms with Crippen molar-refractivity contribution in [3.63, 3.8) is 0 Å². The lowest BCUT2D eigenvalue weighted by molar-refractivity contribution is -0.143. The monoisotopic (exact) mass is 818 g/mol. The Bertz CT molecular complexity index is 904. The van der Waals surface area contributed by atoms with Crippen LogP contribution in [0.5, 0.6) is 0 Å². The van der Waals surface area contributed by atoms with Gasteiger partial charge >= 0.3 is 5.97 Å². The predicted molar refractivity (Wildman–Crippen MR) is 250 cm³/mol. The molecule has 342 valence electrons. The van der Waals surface area contributed by atoms with E-state index in [0.717, 1.165) is 57.8 Å². The van der Waals surface area contributed by atoms with E-state index in [1.165, 1.54) is 186 Å². The molecule has 0 aromatic rings. The number of allylic oxidation sites excluding steroid dienone is 3. The van der Waals surface area contributed by atoms with Crippen LogP contribution in [0, 0.1) is 0 Å². The molecule has 2 unspecified atom stereocenters. The van der Waals surface area contributed by atoms with Crippen molar-refractivity contribution in [3.8, 4) is 0 Å². The van der Waals surface area contributed by atoms with Gasteiger partial charge in [-0.2, -0.15) is 0 Å². The Balaban J connectivity index is 3.47. The molecule has 58 heavy (non-hydrogen) atoms. The first-order chi connectivity index (χ1) is 28.5. The number of aliphatic hydroxyl groups excluding tert-OH is 2. The molecule has 0 radical (unpaired) electrons. The van der Waals surface area contributed by atoms with Crippen molar-refractivity contribution in [3.05, 3.63) is 24.3 Å². The summed E-state index contributed by atoms with van der Waals surface area (Å²) in [6.45, 7) is 4.85. The van der Waals surface area contributed by atoms with Crippen molar-refractivity contribution in [1.29, 1.82) is 0 Å². The first-order valence-corrected chi connectivity index (χ1v) is 25.6. The molecule has 0 heterocycles. The van der Waals surface area contributed by atoms with Crippen molar-refractivity contribution >= 4 is 11.9 Å². The van der Waals surface area contributed by atoms with E-state index >= 15 is 0 Å². The van der Waals surface area contributed by atoms with Gasteiger partial charge < -0.3 is 20.3 Å². The largest absolute Gasteiger partial charge is 0.466 e. The SMILES string of the molecule is CCCCCCCCC/C=C\CCCCCCCCCC(=O)OCCCCCCCCCCCCCC(=O)NC(CO)C(O)/C=C/CCCCCCCCCCCC. The molecule has 0 spiro atoms. The average Bonchev–Trinajstić information content (AvgIpc) is 3.22.